The molecule has 0 aromatic heterocycles. The van der Waals surface area contributed by atoms with Crippen molar-refractivity contribution >= 4 is 19.7 Å². The number of amides is 1. The van der Waals surface area contributed by atoms with Gasteiger partial charge < -0.3 is 28.5 Å². The number of nitrogens with zero attached hydrogens (tertiary/aromatic N) is 1. The summed E-state index contributed by atoms with van der Waals surface area (Å²) in [7, 11) is 1.19. The monoisotopic (exact) mass is 1100 g/mol. The first kappa shape index (κ1) is 75.0. The van der Waals surface area contributed by atoms with E-state index in [1.165, 1.54) is 205 Å². The van der Waals surface area contributed by atoms with E-state index < -0.39 is 26.6 Å². The molecule has 0 aliphatic heterocycles. The van der Waals surface area contributed by atoms with E-state index >= 15 is 0 Å². The molecule has 0 spiro atoms. The maximum absolute atomic E-state index is 13.6. The van der Waals surface area contributed by atoms with Crippen LogP contribution in [-0.2, 0) is 27.9 Å². The zero-order valence-corrected chi connectivity index (χ0v) is 52.6. The molecule has 0 aliphatic rings. The standard InChI is InChI=1S/C67H127N2O7P/c1-7-10-13-16-19-22-25-28-30-31-32-33-34-35-36-37-38-39-40-41-44-47-50-53-56-59-66(70)68-64(63-75-77(72,73)74-62-61-69(4,5)6)65(58-55-52-49-46-43-27-24-21-18-15-12-9-3)76-67(71)60-57-54-51-48-45-42-29-26-23-20-17-14-11-8-2/h19,22,28,30,42,45,55,58,64-65H,7-18,20-21,23-27,29,31-41,43-44,46-54,56-57,59-63H2,1-6H3,(H-,68,70,72,73)/b22-19-,30-28-,45-42-,58-55-. The molecule has 1 N–H and O–H groups in total. The van der Waals surface area contributed by atoms with E-state index in [2.05, 4.69) is 62.5 Å². The number of quaternary nitrogens is 1. The van der Waals surface area contributed by atoms with Gasteiger partial charge in [-0.25, -0.2) is 0 Å². The largest absolute Gasteiger partial charge is 0.756 e. The normalized spacial score (nSPS) is 13.9. The fraction of sp³-hybridized carbons (Fsp3) is 0.851. The van der Waals surface area contributed by atoms with Crippen molar-refractivity contribution < 1.29 is 37.3 Å². The number of phosphoric ester groups is 1. The van der Waals surface area contributed by atoms with Crippen molar-refractivity contribution in [3.05, 3.63) is 48.6 Å². The smallest absolute Gasteiger partial charge is 0.306 e. The Kier molecular flexibility index (Phi) is 55.7. The minimum atomic E-state index is -4.70. The quantitative estimate of drug-likeness (QED) is 0.0212. The predicted molar refractivity (Wildman–Crippen MR) is 330 cm³/mol. The lowest BCUT2D eigenvalue weighted by molar-refractivity contribution is -0.870. The van der Waals surface area contributed by atoms with Crippen molar-refractivity contribution in [1.29, 1.82) is 0 Å². The van der Waals surface area contributed by atoms with Gasteiger partial charge in [0.15, 0.2) is 0 Å². The number of ether oxygens (including phenoxy) is 1. The zero-order valence-electron chi connectivity index (χ0n) is 51.7. The Bertz CT molecular complexity index is 1460. The molecule has 0 saturated heterocycles. The van der Waals surface area contributed by atoms with Gasteiger partial charge in [0.05, 0.1) is 33.8 Å². The van der Waals surface area contributed by atoms with Gasteiger partial charge >= 0.3 is 5.97 Å². The van der Waals surface area contributed by atoms with E-state index in [1.807, 2.05) is 33.3 Å². The van der Waals surface area contributed by atoms with Crippen LogP contribution in [0.2, 0.25) is 0 Å². The van der Waals surface area contributed by atoms with Crippen LogP contribution >= 0.6 is 7.82 Å². The molecule has 0 radical (unpaired) electrons. The van der Waals surface area contributed by atoms with Crippen LogP contribution in [0, 0.1) is 0 Å². The summed E-state index contributed by atoms with van der Waals surface area (Å²) in [4.78, 5) is 40.0. The van der Waals surface area contributed by atoms with Gasteiger partial charge in [-0.1, -0.05) is 262 Å². The molecule has 0 aromatic carbocycles. The third kappa shape index (κ3) is 58.4. The van der Waals surface area contributed by atoms with E-state index in [0.29, 0.717) is 23.9 Å². The number of rotatable bonds is 60. The van der Waals surface area contributed by atoms with Gasteiger partial charge in [0.1, 0.15) is 19.3 Å². The molecular weight excluding hydrogens is 976 g/mol. The first-order valence-corrected chi connectivity index (χ1v) is 34.4. The fourth-order valence-electron chi connectivity index (χ4n) is 9.61. The first-order valence-electron chi connectivity index (χ1n) is 32.9. The Hall–Kier alpha value is -2.03. The maximum atomic E-state index is 13.6. The summed E-state index contributed by atoms with van der Waals surface area (Å²) in [6.07, 6.45) is 70.9. The number of phosphoric acid groups is 1. The number of carbonyl (C=O) groups is 2. The van der Waals surface area contributed by atoms with Crippen molar-refractivity contribution in [3.63, 3.8) is 0 Å². The minimum absolute atomic E-state index is 0.0234. The molecule has 0 aromatic rings. The maximum Gasteiger partial charge on any atom is 0.306 e. The summed E-state index contributed by atoms with van der Waals surface area (Å²) in [5.41, 5.74) is 0. The second-order valence-electron chi connectivity index (χ2n) is 23.6. The number of unbranched alkanes of at least 4 members (excludes halogenated alkanes) is 38. The molecule has 1 amide bonds. The van der Waals surface area contributed by atoms with Crippen molar-refractivity contribution in [2.24, 2.45) is 0 Å². The molecule has 10 heteroatoms. The summed E-state index contributed by atoms with van der Waals surface area (Å²) in [5.74, 6) is -0.549. The third-order valence-electron chi connectivity index (χ3n) is 14.7. The number of nitrogens with one attached hydrogen (secondary N) is 1. The molecule has 0 saturated carbocycles. The number of allylic oxidation sites excluding steroid dienone is 7. The molecule has 3 atom stereocenters. The second-order valence-corrected chi connectivity index (χ2v) is 25.0. The number of esters is 1. The van der Waals surface area contributed by atoms with E-state index in [4.69, 9.17) is 13.8 Å². The summed E-state index contributed by atoms with van der Waals surface area (Å²) >= 11 is 0. The summed E-state index contributed by atoms with van der Waals surface area (Å²) in [6.45, 7) is 6.83. The lowest BCUT2D eigenvalue weighted by Gasteiger charge is -2.30. The van der Waals surface area contributed by atoms with Crippen LogP contribution in [0.1, 0.15) is 316 Å². The molecule has 452 valence electrons. The Balaban J connectivity index is 5.07. The van der Waals surface area contributed by atoms with Gasteiger partial charge in [-0.15, -0.1) is 0 Å². The van der Waals surface area contributed by atoms with Crippen molar-refractivity contribution in [2.75, 3.05) is 40.9 Å². The van der Waals surface area contributed by atoms with Crippen LogP contribution in [-0.4, -0.2) is 69.4 Å². The van der Waals surface area contributed by atoms with Crippen LogP contribution < -0.4 is 10.2 Å². The van der Waals surface area contributed by atoms with Crippen molar-refractivity contribution in [1.82, 2.24) is 5.32 Å². The predicted octanol–water partition coefficient (Wildman–Crippen LogP) is 19.8. The summed E-state index contributed by atoms with van der Waals surface area (Å²) in [6, 6.07) is -0.892. The van der Waals surface area contributed by atoms with Crippen LogP contribution in [0.4, 0.5) is 0 Å². The molecule has 9 nitrogen and oxygen atoms in total. The van der Waals surface area contributed by atoms with Gasteiger partial charge in [0.2, 0.25) is 5.91 Å². The highest BCUT2D eigenvalue weighted by molar-refractivity contribution is 7.45. The fourth-order valence-corrected chi connectivity index (χ4v) is 10.3. The summed E-state index contributed by atoms with van der Waals surface area (Å²) < 4.78 is 30.3. The minimum Gasteiger partial charge on any atom is -0.756 e. The van der Waals surface area contributed by atoms with Crippen LogP contribution in [0.15, 0.2) is 48.6 Å². The van der Waals surface area contributed by atoms with Crippen LogP contribution in [0.3, 0.4) is 0 Å². The van der Waals surface area contributed by atoms with Crippen molar-refractivity contribution in [3.8, 4) is 0 Å². The Labute approximate surface area is 478 Å². The lowest BCUT2D eigenvalue weighted by Crippen LogP contribution is -2.47. The third-order valence-corrected chi connectivity index (χ3v) is 15.7. The second kappa shape index (κ2) is 57.2. The first-order chi connectivity index (χ1) is 37.4. The molecule has 77 heavy (non-hydrogen) atoms. The molecule has 0 heterocycles. The Morgan fingerprint density at radius 1 is 0.455 bits per heavy atom. The average molecular weight is 1100 g/mol. The van der Waals surface area contributed by atoms with Gasteiger partial charge in [-0.2, -0.15) is 0 Å². The molecule has 0 aliphatic carbocycles. The topological polar surface area (TPSA) is 114 Å². The Morgan fingerprint density at radius 2 is 0.792 bits per heavy atom. The highest BCUT2D eigenvalue weighted by Crippen LogP contribution is 2.38. The lowest BCUT2D eigenvalue weighted by atomic mass is 10.0. The van der Waals surface area contributed by atoms with Gasteiger partial charge in [-0.3, -0.25) is 14.2 Å². The molecule has 0 rings (SSSR count). The highest BCUT2D eigenvalue weighted by atomic mass is 31.2. The van der Waals surface area contributed by atoms with E-state index in [1.54, 1.807) is 0 Å². The van der Waals surface area contributed by atoms with Gasteiger partial charge in [0.25, 0.3) is 7.82 Å². The molecule has 3 unspecified atom stereocenters. The number of hydrogen-bond acceptors (Lipinski definition) is 7. The van der Waals surface area contributed by atoms with E-state index in [9.17, 15) is 19.0 Å². The SMILES string of the molecule is CCCCC/C=C\C/C=C\CCCCCCCCCCCCCCCCCC(=O)NC(COP(=O)([O-])OCC[N+](C)(C)C)C(/C=C\CCCCCCCCCCCC)OC(=O)CCCCC/C=C\CCCCCCCCC. The Morgan fingerprint density at radius 3 is 1.22 bits per heavy atom. The van der Waals surface area contributed by atoms with E-state index in [0.717, 1.165) is 70.6 Å². The van der Waals surface area contributed by atoms with Crippen molar-refractivity contribution in [2.45, 2.75) is 328 Å². The zero-order chi connectivity index (χ0) is 56.4. The van der Waals surface area contributed by atoms with Crippen LogP contribution in [0.25, 0.3) is 0 Å². The van der Waals surface area contributed by atoms with Gasteiger partial charge in [-0.05, 0) is 89.5 Å². The van der Waals surface area contributed by atoms with Crippen LogP contribution in [0.5, 0.6) is 0 Å². The molecule has 0 bridgehead atoms. The molecule has 0 fully saturated rings. The van der Waals surface area contributed by atoms with Gasteiger partial charge in [0, 0.05) is 12.8 Å². The average Bonchev–Trinajstić information content (AvgIpc) is 3.39. The number of hydrogen-bond donors (Lipinski definition) is 1. The number of likely N-dealkylation sites (N-methyl/N-ethyl adjacent to an activating group) is 1. The number of carbonyl (C=O) groups excluding carboxylic acids is 2. The molecular formula is C67H127N2O7P. The van der Waals surface area contributed by atoms with E-state index in [-0.39, 0.29) is 24.9 Å². The highest BCUT2D eigenvalue weighted by Gasteiger charge is 2.27. The summed E-state index contributed by atoms with van der Waals surface area (Å²) in [5, 5.41) is 3.03.